The Labute approximate surface area is 143 Å². The second-order valence-electron chi connectivity index (χ2n) is 5.35. The van der Waals surface area contributed by atoms with Crippen molar-refractivity contribution >= 4 is 17.3 Å². The molecule has 4 nitrogen and oxygen atoms in total. The summed E-state index contributed by atoms with van der Waals surface area (Å²) in [6.07, 6.45) is 1.46. The molecule has 0 aliphatic carbocycles. The van der Waals surface area contributed by atoms with Gasteiger partial charge in [-0.25, -0.2) is 13.8 Å². The Morgan fingerprint density at radius 1 is 0.920 bits per heavy atom. The first-order chi connectivity index (χ1) is 12.1. The summed E-state index contributed by atoms with van der Waals surface area (Å²) < 4.78 is 26.1. The predicted molar refractivity (Wildman–Crippen MR) is 91.5 cm³/mol. The van der Waals surface area contributed by atoms with Gasteiger partial charge in [-0.15, -0.1) is 0 Å². The number of carbonyl (C=O) groups excluding carboxylic acids is 1. The first kappa shape index (κ1) is 16.6. The second kappa shape index (κ2) is 7.53. The van der Waals surface area contributed by atoms with Gasteiger partial charge in [0.15, 0.2) is 11.6 Å². The maximum Gasteiger partial charge on any atom is 0.270 e. The number of halogens is 2. The van der Waals surface area contributed by atoms with Gasteiger partial charge in [-0.1, -0.05) is 30.3 Å². The molecule has 0 radical (unpaired) electrons. The highest BCUT2D eigenvalue weighted by atomic mass is 19.2. The average Bonchev–Trinajstić information content (AvgIpc) is 2.64. The van der Waals surface area contributed by atoms with Gasteiger partial charge in [-0.2, -0.15) is 0 Å². The predicted octanol–water partition coefficient (Wildman–Crippen LogP) is 4.03. The van der Waals surface area contributed by atoms with Crippen LogP contribution in [0.1, 0.15) is 16.1 Å². The molecule has 1 heterocycles. The Morgan fingerprint density at radius 2 is 1.68 bits per heavy atom. The number of anilines is 2. The fourth-order valence-electron chi connectivity index (χ4n) is 2.21. The van der Waals surface area contributed by atoms with Crippen LogP contribution in [-0.4, -0.2) is 10.9 Å². The van der Waals surface area contributed by atoms with E-state index < -0.39 is 11.6 Å². The van der Waals surface area contributed by atoms with Crippen LogP contribution in [0.5, 0.6) is 0 Å². The van der Waals surface area contributed by atoms with Crippen LogP contribution in [0, 0.1) is 11.6 Å². The fourth-order valence-corrected chi connectivity index (χ4v) is 2.21. The highest BCUT2D eigenvalue weighted by Crippen LogP contribution is 2.18. The molecule has 1 aromatic heterocycles. The van der Waals surface area contributed by atoms with Gasteiger partial charge in [-0.3, -0.25) is 4.79 Å². The molecule has 3 rings (SSSR count). The lowest BCUT2D eigenvalue weighted by atomic mass is 10.2. The van der Waals surface area contributed by atoms with Gasteiger partial charge >= 0.3 is 0 Å². The number of amides is 1. The van der Waals surface area contributed by atoms with E-state index in [0.717, 1.165) is 17.7 Å². The summed E-state index contributed by atoms with van der Waals surface area (Å²) in [5.41, 5.74) is 2.21. The molecule has 3 aromatic rings. The number of hydrogen-bond acceptors (Lipinski definition) is 3. The van der Waals surface area contributed by atoms with E-state index in [1.54, 1.807) is 12.1 Å². The summed E-state index contributed by atoms with van der Waals surface area (Å²) in [5.74, 6) is -2.13. The Morgan fingerprint density at radius 3 is 2.36 bits per heavy atom. The Balaban J connectivity index is 1.61. The highest BCUT2D eigenvalue weighted by Gasteiger charge is 2.07. The zero-order chi connectivity index (χ0) is 17.6. The number of rotatable bonds is 5. The van der Waals surface area contributed by atoms with E-state index in [0.29, 0.717) is 17.9 Å². The minimum atomic E-state index is -0.935. The summed E-state index contributed by atoms with van der Waals surface area (Å²) >= 11 is 0. The lowest BCUT2D eigenvalue weighted by molar-refractivity contribution is 0.0946. The summed E-state index contributed by atoms with van der Waals surface area (Å²) in [6, 6.07) is 16.3. The first-order valence-corrected chi connectivity index (χ1v) is 7.62. The number of nitrogens with one attached hydrogen (secondary N) is 2. The molecule has 0 spiro atoms. The van der Waals surface area contributed by atoms with Crippen LogP contribution < -0.4 is 10.6 Å². The zero-order valence-electron chi connectivity index (χ0n) is 13.2. The van der Waals surface area contributed by atoms with Crippen molar-refractivity contribution in [1.29, 1.82) is 0 Å². The molecule has 0 atom stereocenters. The van der Waals surface area contributed by atoms with Crippen LogP contribution in [0.15, 0.2) is 66.9 Å². The van der Waals surface area contributed by atoms with E-state index in [2.05, 4.69) is 15.6 Å². The van der Waals surface area contributed by atoms with E-state index in [1.165, 1.54) is 12.3 Å². The van der Waals surface area contributed by atoms with Crippen molar-refractivity contribution in [2.45, 2.75) is 6.54 Å². The Hall–Kier alpha value is -3.28. The molecule has 0 aliphatic rings. The lowest BCUT2D eigenvalue weighted by Crippen LogP contribution is -2.23. The largest absolute Gasteiger partial charge is 0.354 e. The van der Waals surface area contributed by atoms with Gasteiger partial charge in [0.25, 0.3) is 5.91 Å². The van der Waals surface area contributed by atoms with Gasteiger partial charge in [0, 0.05) is 18.3 Å². The molecule has 126 valence electrons. The van der Waals surface area contributed by atoms with Crippen LogP contribution in [0.25, 0.3) is 0 Å². The second-order valence-corrected chi connectivity index (χ2v) is 5.35. The average molecular weight is 339 g/mol. The van der Waals surface area contributed by atoms with E-state index in [1.807, 2.05) is 30.3 Å². The summed E-state index contributed by atoms with van der Waals surface area (Å²) in [7, 11) is 0. The molecular formula is C19H15F2N3O. The van der Waals surface area contributed by atoms with Crippen molar-refractivity contribution in [2.75, 3.05) is 5.32 Å². The van der Waals surface area contributed by atoms with Crippen LogP contribution in [0.3, 0.4) is 0 Å². The molecular weight excluding hydrogens is 324 g/mol. The van der Waals surface area contributed by atoms with Crippen LogP contribution in [-0.2, 0) is 6.54 Å². The van der Waals surface area contributed by atoms with Crippen molar-refractivity contribution in [3.8, 4) is 0 Å². The van der Waals surface area contributed by atoms with Gasteiger partial charge in [0.2, 0.25) is 0 Å². The van der Waals surface area contributed by atoms with Crippen molar-refractivity contribution in [3.05, 3.63) is 89.8 Å². The number of hydrogen-bond donors (Lipinski definition) is 2. The van der Waals surface area contributed by atoms with Crippen molar-refractivity contribution in [1.82, 2.24) is 10.3 Å². The molecule has 6 heteroatoms. The Bertz CT molecular complexity index is 868. The summed E-state index contributed by atoms with van der Waals surface area (Å²) in [4.78, 5) is 16.2. The summed E-state index contributed by atoms with van der Waals surface area (Å²) in [5, 5.41) is 5.68. The molecule has 0 saturated heterocycles. The third-order valence-electron chi connectivity index (χ3n) is 3.50. The topological polar surface area (TPSA) is 54.0 Å². The van der Waals surface area contributed by atoms with Gasteiger partial charge in [0.1, 0.15) is 5.69 Å². The standard InChI is InChI=1S/C19H15F2N3O/c20-16-8-6-14(10-17(16)21)24-15-7-9-18(22-12-15)19(25)23-11-13-4-2-1-3-5-13/h1-10,12,24H,11H2,(H,23,25). The van der Waals surface area contributed by atoms with Gasteiger partial charge in [-0.05, 0) is 29.8 Å². The smallest absolute Gasteiger partial charge is 0.270 e. The third-order valence-corrected chi connectivity index (χ3v) is 3.50. The maximum atomic E-state index is 13.2. The summed E-state index contributed by atoms with van der Waals surface area (Å²) in [6.45, 7) is 0.413. The minimum absolute atomic E-state index is 0.270. The van der Waals surface area contributed by atoms with Crippen LogP contribution in [0.2, 0.25) is 0 Å². The molecule has 0 fully saturated rings. The van der Waals surface area contributed by atoms with Crippen molar-refractivity contribution < 1.29 is 13.6 Å². The highest BCUT2D eigenvalue weighted by molar-refractivity contribution is 5.92. The number of nitrogens with zero attached hydrogens (tertiary/aromatic N) is 1. The lowest BCUT2D eigenvalue weighted by Gasteiger charge is -2.08. The molecule has 0 saturated carbocycles. The van der Waals surface area contributed by atoms with Gasteiger partial charge in [0.05, 0.1) is 11.9 Å². The van der Waals surface area contributed by atoms with Crippen molar-refractivity contribution in [2.24, 2.45) is 0 Å². The van der Waals surface area contributed by atoms with Gasteiger partial charge < -0.3 is 10.6 Å². The van der Waals surface area contributed by atoms with E-state index in [9.17, 15) is 13.6 Å². The van der Waals surface area contributed by atoms with Crippen molar-refractivity contribution in [3.63, 3.8) is 0 Å². The number of carbonyl (C=O) groups is 1. The van der Waals surface area contributed by atoms with Crippen LogP contribution >= 0.6 is 0 Å². The Kier molecular flexibility index (Phi) is 4.99. The number of aromatic nitrogens is 1. The molecule has 1 amide bonds. The number of benzene rings is 2. The fraction of sp³-hybridized carbons (Fsp3) is 0.0526. The number of pyridine rings is 1. The normalized spacial score (nSPS) is 10.3. The van der Waals surface area contributed by atoms with Crippen LogP contribution in [0.4, 0.5) is 20.2 Å². The van der Waals surface area contributed by atoms with E-state index in [-0.39, 0.29) is 11.6 Å². The maximum absolute atomic E-state index is 13.2. The SMILES string of the molecule is O=C(NCc1ccccc1)c1ccc(Nc2ccc(F)c(F)c2)cn1. The molecule has 2 N–H and O–H groups in total. The first-order valence-electron chi connectivity index (χ1n) is 7.62. The monoisotopic (exact) mass is 339 g/mol. The third kappa shape index (κ3) is 4.38. The molecule has 0 aliphatic heterocycles. The minimum Gasteiger partial charge on any atom is -0.354 e. The quantitative estimate of drug-likeness (QED) is 0.738. The molecule has 0 unspecified atom stereocenters. The van der Waals surface area contributed by atoms with E-state index >= 15 is 0 Å². The van der Waals surface area contributed by atoms with E-state index in [4.69, 9.17) is 0 Å². The zero-order valence-corrected chi connectivity index (χ0v) is 13.2. The molecule has 0 bridgehead atoms. The molecule has 25 heavy (non-hydrogen) atoms. The molecule has 2 aromatic carbocycles.